The molecule has 2 saturated heterocycles. The fourth-order valence-electron chi connectivity index (χ4n) is 3.67. The van der Waals surface area contributed by atoms with Crippen LogP contribution in [0, 0.1) is 0 Å². The zero-order chi connectivity index (χ0) is 16.9. The summed E-state index contributed by atoms with van der Waals surface area (Å²) in [5.41, 5.74) is 7.71. The average Bonchev–Trinajstić information content (AvgIpc) is 3.02. The largest absolute Gasteiger partial charge is 0.338 e. The van der Waals surface area contributed by atoms with Crippen molar-refractivity contribution in [3.63, 3.8) is 0 Å². The Bertz CT molecular complexity index is 541. The molecule has 1 aromatic rings. The molecule has 1 aromatic carbocycles. The Balaban J connectivity index is 0.00000225. The van der Waals surface area contributed by atoms with Crippen LogP contribution in [0.2, 0.25) is 0 Å². The number of carbonyl (C=O) groups excluding carboxylic acids is 1. The molecule has 2 heterocycles. The lowest BCUT2D eigenvalue weighted by molar-refractivity contribution is -0.136. The summed E-state index contributed by atoms with van der Waals surface area (Å²) in [7, 11) is 0. The number of benzene rings is 1. The number of halogens is 2. The van der Waals surface area contributed by atoms with Gasteiger partial charge in [0.2, 0.25) is 5.91 Å². The molecule has 25 heavy (non-hydrogen) atoms. The number of nitrogens with zero attached hydrogens (tertiary/aromatic N) is 1. The van der Waals surface area contributed by atoms with Gasteiger partial charge in [0.1, 0.15) is 6.04 Å². The summed E-state index contributed by atoms with van der Waals surface area (Å²) >= 11 is 3.77. The van der Waals surface area contributed by atoms with E-state index in [1.165, 1.54) is 5.56 Å². The van der Waals surface area contributed by atoms with Gasteiger partial charge >= 0.3 is 0 Å². The highest BCUT2D eigenvalue weighted by Crippen LogP contribution is 2.30. The van der Waals surface area contributed by atoms with Gasteiger partial charge in [-0.3, -0.25) is 4.79 Å². The number of nitrogens with one attached hydrogen (secondary N) is 3. The molecule has 3 rings (SSSR count). The number of alkyl halides is 1. The minimum atomic E-state index is -0.239. The van der Waals surface area contributed by atoms with Crippen molar-refractivity contribution in [1.29, 1.82) is 0 Å². The van der Waals surface area contributed by atoms with Crippen molar-refractivity contribution in [3.05, 3.63) is 35.9 Å². The fraction of sp³-hybridized carbons (Fsp3) is 0.611. The topological polar surface area (TPSA) is 56.4 Å². The smallest absolute Gasteiger partial charge is 0.242 e. The maximum Gasteiger partial charge on any atom is 0.242 e. The Morgan fingerprint density at radius 1 is 1.20 bits per heavy atom. The third-order valence-electron chi connectivity index (χ3n) is 4.95. The van der Waals surface area contributed by atoms with E-state index in [4.69, 9.17) is 0 Å². The summed E-state index contributed by atoms with van der Waals surface area (Å²) in [4.78, 5) is 15.3. The van der Waals surface area contributed by atoms with Crippen molar-refractivity contribution >= 4 is 34.2 Å². The minimum Gasteiger partial charge on any atom is -0.338 e. The maximum atomic E-state index is 13.2. The van der Waals surface area contributed by atoms with E-state index in [0.29, 0.717) is 6.04 Å². The van der Waals surface area contributed by atoms with Gasteiger partial charge in [-0.25, -0.2) is 10.9 Å². The maximum absolute atomic E-state index is 13.2. The first-order valence-electron chi connectivity index (χ1n) is 8.93. The number of hydrogen-bond acceptors (Lipinski definition) is 4. The quantitative estimate of drug-likeness (QED) is 0.627. The molecule has 3 N–H and O–H groups in total. The van der Waals surface area contributed by atoms with Crippen molar-refractivity contribution in [1.82, 2.24) is 21.1 Å². The highest BCUT2D eigenvalue weighted by Gasteiger charge is 2.42. The van der Waals surface area contributed by atoms with Gasteiger partial charge in [0.25, 0.3) is 0 Å². The molecule has 0 aromatic heterocycles. The van der Waals surface area contributed by atoms with Crippen LogP contribution < -0.4 is 16.2 Å². The van der Waals surface area contributed by atoms with Gasteiger partial charge < -0.3 is 10.2 Å². The van der Waals surface area contributed by atoms with Gasteiger partial charge in [-0.1, -0.05) is 53.2 Å². The number of rotatable bonds is 5. The Morgan fingerprint density at radius 2 is 1.88 bits per heavy atom. The second kappa shape index (κ2) is 9.88. The standard InChI is InChI=1S/C18H27BrN4O.ClH/c1-2-12-23(14-8-10-20-11-9-14)18(24)17-15(19)16(21-22-17)13-6-4-3-5-7-13;/h3-7,14-17,20-22H,2,8-12H2,1H3;1H. The first-order chi connectivity index (χ1) is 11.7. The summed E-state index contributed by atoms with van der Waals surface area (Å²) < 4.78 is 0. The second-order valence-corrected chi connectivity index (χ2v) is 7.67. The van der Waals surface area contributed by atoms with Crippen LogP contribution >= 0.6 is 28.3 Å². The summed E-state index contributed by atoms with van der Waals surface area (Å²) in [6.45, 7) is 4.97. The van der Waals surface area contributed by atoms with Crippen molar-refractivity contribution in [2.24, 2.45) is 0 Å². The summed E-state index contributed by atoms with van der Waals surface area (Å²) in [6.07, 6.45) is 3.08. The van der Waals surface area contributed by atoms with Crippen LogP contribution in [0.5, 0.6) is 0 Å². The van der Waals surface area contributed by atoms with Crippen molar-refractivity contribution in [2.45, 2.75) is 49.1 Å². The molecule has 3 unspecified atom stereocenters. The molecule has 2 aliphatic heterocycles. The molecule has 1 amide bonds. The van der Waals surface area contributed by atoms with Crippen LogP contribution in [0.15, 0.2) is 30.3 Å². The third-order valence-corrected chi connectivity index (χ3v) is 6.01. The van der Waals surface area contributed by atoms with Crippen molar-refractivity contribution in [3.8, 4) is 0 Å². The molecule has 5 nitrogen and oxygen atoms in total. The van der Waals surface area contributed by atoms with E-state index >= 15 is 0 Å². The number of hydrogen-bond donors (Lipinski definition) is 3. The molecule has 0 spiro atoms. The molecule has 0 radical (unpaired) electrons. The Labute approximate surface area is 164 Å². The van der Waals surface area contributed by atoms with E-state index in [1.54, 1.807) is 0 Å². The SMILES string of the molecule is CCCN(C(=O)C1NNC(c2ccccc2)C1Br)C1CCNCC1.Cl. The lowest BCUT2D eigenvalue weighted by Crippen LogP contribution is -2.54. The molecule has 3 atom stereocenters. The predicted molar refractivity (Wildman–Crippen MR) is 107 cm³/mol. The first-order valence-corrected chi connectivity index (χ1v) is 9.85. The van der Waals surface area contributed by atoms with Gasteiger partial charge in [-0.05, 0) is 37.9 Å². The van der Waals surface area contributed by atoms with Crippen molar-refractivity contribution < 1.29 is 4.79 Å². The Kier molecular flexibility index (Phi) is 8.16. The molecule has 2 aliphatic rings. The lowest BCUT2D eigenvalue weighted by Gasteiger charge is -2.36. The number of piperidine rings is 1. The van der Waals surface area contributed by atoms with E-state index in [-0.39, 0.29) is 35.2 Å². The van der Waals surface area contributed by atoms with Gasteiger partial charge in [-0.2, -0.15) is 0 Å². The van der Waals surface area contributed by atoms with Crippen LogP contribution in [0.3, 0.4) is 0 Å². The van der Waals surface area contributed by atoms with Gasteiger partial charge in [0.15, 0.2) is 0 Å². The molecule has 0 saturated carbocycles. The normalized spacial score (nSPS) is 26.9. The monoisotopic (exact) mass is 430 g/mol. The minimum absolute atomic E-state index is 0. The van der Waals surface area contributed by atoms with E-state index in [9.17, 15) is 4.79 Å². The molecule has 140 valence electrons. The number of hydrazine groups is 1. The highest BCUT2D eigenvalue weighted by atomic mass is 79.9. The third kappa shape index (κ3) is 4.74. The summed E-state index contributed by atoms with van der Waals surface area (Å²) in [5.74, 6) is 0.205. The average molecular weight is 432 g/mol. The fourth-order valence-corrected chi connectivity index (χ4v) is 4.46. The number of amides is 1. The van der Waals surface area contributed by atoms with Crippen LogP contribution in [0.1, 0.15) is 37.8 Å². The second-order valence-electron chi connectivity index (χ2n) is 6.61. The van der Waals surface area contributed by atoms with Crippen LogP contribution in [-0.2, 0) is 4.79 Å². The Morgan fingerprint density at radius 3 is 2.52 bits per heavy atom. The van der Waals surface area contributed by atoms with E-state index in [0.717, 1.165) is 38.9 Å². The zero-order valence-electron chi connectivity index (χ0n) is 14.6. The van der Waals surface area contributed by atoms with Crippen molar-refractivity contribution in [2.75, 3.05) is 19.6 Å². The molecule has 2 fully saturated rings. The van der Waals surface area contributed by atoms with E-state index in [1.807, 2.05) is 18.2 Å². The highest BCUT2D eigenvalue weighted by molar-refractivity contribution is 9.09. The Hall–Kier alpha value is -0.660. The van der Waals surface area contributed by atoms with Gasteiger partial charge in [0.05, 0.1) is 10.9 Å². The number of carbonyl (C=O) groups is 1. The summed E-state index contributed by atoms with van der Waals surface area (Å²) in [5, 5.41) is 3.38. The van der Waals surface area contributed by atoms with E-state index in [2.05, 4.69) is 56.1 Å². The molecular weight excluding hydrogens is 404 g/mol. The van der Waals surface area contributed by atoms with Crippen LogP contribution in [0.4, 0.5) is 0 Å². The lowest BCUT2D eigenvalue weighted by atomic mass is 9.99. The van der Waals surface area contributed by atoms with Crippen LogP contribution in [0.25, 0.3) is 0 Å². The molecule has 0 aliphatic carbocycles. The zero-order valence-corrected chi connectivity index (χ0v) is 17.0. The van der Waals surface area contributed by atoms with E-state index < -0.39 is 0 Å². The van der Waals surface area contributed by atoms with Crippen LogP contribution in [-0.4, -0.2) is 47.4 Å². The molecule has 0 bridgehead atoms. The van der Waals surface area contributed by atoms with Gasteiger partial charge in [-0.15, -0.1) is 12.4 Å². The summed E-state index contributed by atoms with van der Waals surface area (Å²) in [6, 6.07) is 10.5. The molecular formula is C18H28BrClN4O. The first kappa shape index (κ1) is 20.6. The molecule has 7 heteroatoms. The van der Waals surface area contributed by atoms with Gasteiger partial charge in [0, 0.05) is 12.6 Å². The predicted octanol–water partition coefficient (Wildman–Crippen LogP) is 2.38.